The number of hydrogen-bond donors (Lipinski definition) is 0. The van der Waals surface area contributed by atoms with Gasteiger partial charge < -0.3 is 9.30 Å². The fourth-order valence-corrected chi connectivity index (χ4v) is 4.71. The van der Waals surface area contributed by atoms with Crippen molar-refractivity contribution in [3.05, 3.63) is 87.6 Å². The molecule has 0 spiro atoms. The molecule has 0 bridgehead atoms. The van der Waals surface area contributed by atoms with Crippen LogP contribution in [-0.2, 0) is 4.79 Å². The van der Waals surface area contributed by atoms with Crippen LogP contribution in [0.3, 0.4) is 0 Å². The van der Waals surface area contributed by atoms with E-state index in [1.54, 1.807) is 0 Å². The predicted molar refractivity (Wildman–Crippen MR) is 129 cm³/mol. The zero-order valence-electron chi connectivity index (χ0n) is 18.7. The Morgan fingerprint density at radius 1 is 0.969 bits per heavy atom. The number of nitrogens with zero attached hydrogens (tertiary/aromatic N) is 2. The Balaban J connectivity index is 1.49. The van der Waals surface area contributed by atoms with Crippen LogP contribution in [0.25, 0.3) is 11.8 Å². The molecule has 32 heavy (non-hydrogen) atoms. The molecule has 3 aromatic rings. The average Bonchev–Trinajstić information content (AvgIpc) is 3.20. The van der Waals surface area contributed by atoms with Gasteiger partial charge in [0.2, 0.25) is 0 Å². The number of para-hydroxylation sites is 1. The van der Waals surface area contributed by atoms with Gasteiger partial charge in [0.25, 0.3) is 11.1 Å². The lowest BCUT2D eigenvalue weighted by Crippen LogP contribution is -2.32. The van der Waals surface area contributed by atoms with Crippen molar-refractivity contribution >= 4 is 29.0 Å². The molecule has 0 atom stereocenters. The molecule has 1 aliphatic rings. The topological polar surface area (TPSA) is 51.5 Å². The molecule has 6 heteroatoms. The fourth-order valence-electron chi connectivity index (χ4n) is 3.85. The number of carbonyl (C=O) groups is 2. The highest BCUT2D eigenvalue weighted by Gasteiger charge is 2.35. The van der Waals surface area contributed by atoms with E-state index >= 15 is 0 Å². The van der Waals surface area contributed by atoms with E-state index in [1.165, 1.54) is 4.90 Å². The van der Waals surface area contributed by atoms with E-state index in [0.29, 0.717) is 4.91 Å². The molecule has 1 aliphatic heterocycles. The third-order valence-electron chi connectivity index (χ3n) is 5.56. The lowest BCUT2D eigenvalue weighted by Gasteiger charge is -2.14. The van der Waals surface area contributed by atoms with Crippen molar-refractivity contribution in [2.75, 3.05) is 13.2 Å². The second kappa shape index (κ2) is 9.09. The number of hydrogen-bond acceptors (Lipinski definition) is 4. The van der Waals surface area contributed by atoms with E-state index in [4.69, 9.17) is 4.74 Å². The average molecular weight is 447 g/mol. The highest BCUT2D eigenvalue weighted by Crippen LogP contribution is 2.33. The number of aryl methyl sites for hydroxylation is 3. The SMILES string of the molecule is Cc1ccc(C)c(OCCN2C(=O)S/C(=C\c3cc(C)n(-c4ccccc4)c3C)C2=O)c1. The van der Waals surface area contributed by atoms with Gasteiger partial charge in [0, 0.05) is 17.1 Å². The number of thioether (sulfide) groups is 1. The van der Waals surface area contributed by atoms with Crippen LogP contribution in [0.2, 0.25) is 0 Å². The van der Waals surface area contributed by atoms with Crippen LogP contribution < -0.4 is 4.74 Å². The normalized spacial score (nSPS) is 15.1. The molecule has 0 radical (unpaired) electrons. The standard InChI is InChI=1S/C26H26N2O3S/c1-17-10-11-18(2)23(14-17)31-13-12-27-25(29)24(32-26(27)30)16-21-15-19(3)28(20(21)4)22-8-6-5-7-9-22/h5-11,14-16H,12-13H2,1-4H3/b24-16-. The highest BCUT2D eigenvalue weighted by atomic mass is 32.2. The summed E-state index contributed by atoms with van der Waals surface area (Å²) in [5.74, 6) is 0.509. The number of aromatic nitrogens is 1. The summed E-state index contributed by atoms with van der Waals surface area (Å²) in [7, 11) is 0. The quantitative estimate of drug-likeness (QED) is 0.447. The minimum atomic E-state index is -0.269. The van der Waals surface area contributed by atoms with Gasteiger partial charge >= 0.3 is 0 Å². The second-order valence-electron chi connectivity index (χ2n) is 7.95. The van der Waals surface area contributed by atoms with Crippen LogP contribution >= 0.6 is 11.8 Å². The van der Waals surface area contributed by atoms with Crippen molar-refractivity contribution < 1.29 is 14.3 Å². The third kappa shape index (κ3) is 4.36. The smallest absolute Gasteiger partial charge is 0.293 e. The van der Waals surface area contributed by atoms with E-state index in [1.807, 2.05) is 88.4 Å². The summed E-state index contributed by atoms with van der Waals surface area (Å²) < 4.78 is 7.99. The van der Waals surface area contributed by atoms with E-state index in [2.05, 4.69) is 4.57 Å². The first-order valence-corrected chi connectivity index (χ1v) is 11.4. The maximum absolute atomic E-state index is 12.9. The number of benzene rings is 2. The van der Waals surface area contributed by atoms with Crippen LogP contribution in [0, 0.1) is 27.7 Å². The van der Waals surface area contributed by atoms with Gasteiger partial charge in [0.05, 0.1) is 11.4 Å². The third-order valence-corrected chi connectivity index (χ3v) is 6.47. The Kier molecular flexibility index (Phi) is 6.24. The lowest BCUT2D eigenvalue weighted by molar-refractivity contribution is -0.123. The van der Waals surface area contributed by atoms with Gasteiger partial charge in [-0.1, -0.05) is 30.3 Å². The van der Waals surface area contributed by atoms with Crippen LogP contribution in [-0.4, -0.2) is 33.8 Å². The number of amides is 2. The lowest BCUT2D eigenvalue weighted by atomic mass is 10.1. The second-order valence-corrected chi connectivity index (χ2v) is 8.94. The van der Waals surface area contributed by atoms with Gasteiger partial charge in [-0.2, -0.15) is 0 Å². The summed E-state index contributed by atoms with van der Waals surface area (Å²) in [6, 6.07) is 18.1. The van der Waals surface area contributed by atoms with Crippen molar-refractivity contribution in [1.82, 2.24) is 9.47 Å². The Labute approximate surface area is 192 Å². The number of rotatable bonds is 6. The van der Waals surface area contributed by atoms with Crippen LogP contribution in [0.5, 0.6) is 5.75 Å². The maximum atomic E-state index is 12.9. The van der Waals surface area contributed by atoms with Crippen LogP contribution in [0.15, 0.2) is 59.5 Å². The molecular formula is C26H26N2O3S. The molecular weight excluding hydrogens is 420 g/mol. The van der Waals surface area contributed by atoms with Crippen LogP contribution in [0.4, 0.5) is 4.79 Å². The van der Waals surface area contributed by atoms with Gasteiger partial charge in [-0.05, 0) is 86.5 Å². The minimum Gasteiger partial charge on any atom is -0.491 e. The van der Waals surface area contributed by atoms with E-state index in [0.717, 1.165) is 51.3 Å². The van der Waals surface area contributed by atoms with Gasteiger partial charge in [-0.15, -0.1) is 0 Å². The highest BCUT2D eigenvalue weighted by molar-refractivity contribution is 8.18. The fraction of sp³-hybridized carbons (Fsp3) is 0.231. The largest absolute Gasteiger partial charge is 0.491 e. The van der Waals surface area contributed by atoms with Crippen molar-refractivity contribution in [1.29, 1.82) is 0 Å². The van der Waals surface area contributed by atoms with Crippen molar-refractivity contribution in [3.8, 4) is 11.4 Å². The summed E-state index contributed by atoms with van der Waals surface area (Å²) in [6.45, 7) is 8.52. The molecule has 1 aromatic heterocycles. The number of imide groups is 1. The zero-order chi connectivity index (χ0) is 22.8. The molecule has 4 rings (SSSR count). The Bertz CT molecular complexity index is 1210. The minimum absolute atomic E-state index is 0.221. The summed E-state index contributed by atoms with van der Waals surface area (Å²) in [4.78, 5) is 27.1. The van der Waals surface area contributed by atoms with Crippen LogP contribution in [0.1, 0.15) is 28.1 Å². The first kappa shape index (κ1) is 22.0. The van der Waals surface area contributed by atoms with Crippen molar-refractivity contribution in [3.63, 3.8) is 0 Å². The van der Waals surface area contributed by atoms with E-state index < -0.39 is 0 Å². The van der Waals surface area contributed by atoms with Crippen molar-refractivity contribution in [2.45, 2.75) is 27.7 Å². The first-order chi connectivity index (χ1) is 15.3. The van der Waals surface area contributed by atoms with Gasteiger partial charge in [0.15, 0.2) is 0 Å². The molecule has 0 N–H and O–H groups in total. The van der Waals surface area contributed by atoms with Gasteiger partial charge in [0.1, 0.15) is 12.4 Å². The molecule has 1 fully saturated rings. The number of ether oxygens (including phenoxy) is 1. The Morgan fingerprint density at radius 2 is 1.72 bits per heavy atom. The van der Waals surface area contributed by atoms with E-state index in [-0.39, 0.29) is 24.3 Å². The Morgan fingerprint density at radius 3 is 2.47 bits per heavy atom. The monoisotopic (exact) mass is 446 g/mol. The molecule has 2 aromatic carbocycles. The molecule has 0 aliphatic carbocycles. The first-order valence-electron chi connectivity index (χ1n) is 10.5. The molecule has 5 nitrogen and oxygen atoms in total. The van der Waals surface area contributed by atoms with Gasteiger partial charge in [-0.3, -0.25) is 14.5 Å². The summed E-state index contributed by atoms with van der Waals surface area (Å²) in [5.41, 5.74) is 6.23. The molecule has 164 valence electrons. The summed E-state index contributed by atoms with van der Waals surface area (Å²) in [5, 5.41) is -0.261. The van der Waals surface area contributed by atoms with E-state index in [9.17, 15) is 9.59 Å². The molecule has 2 amide bonds. The van der Waals surface area contributed by atoms with Gasteiger partial charge in [-0.25, -0.2) is 0 Å². The molecule has 0 saturated carbocycles. The van der Waals surface area contributed by atoms with Crippen molar-refractivity contribution in [2.24, 2.45) is 0 Å². The summed E-state index contributed by atoms with van der Waals surface area (Å²) in [6.07, 6.45) is 1.82. The Hall–Kier alpha value is -3.25. The maximum Gasteiger partial charge on any atom is 0.293 e. The molecule has 2 heterocycles. The molecule has 0 unspecified atom stereocenters. The molecule has 1 saturated heterocycles. The number of carbonyl (C=O) groups excluding carboxylic acids is 2. The zero-order valence-corrected chi connectivity index (χ0v) is 19.5. The summed E-state index contributed by atoms with van der Waals surface area (Å²) >= 11 is 0.982. The predicted octanol–water partition coefficient (Wildman–Crippen LogP) is 5.83.